The molecule has 22 heavy (non-hydrogen) atoms. The number of piperidine rings is 1. The number of ether oxygens (including phenoxy) is 2. The van der Waals surface area contributed by atoms with Crippen LogP contribution in [0.5, 0.6) is 5.75 Å². The highest BCUT2D eigenvalue weighted by Crippen LogP contribution is 2.34. The number of hydrogen-bond donors (Lipinski definition) is 0. The van der Waals surface area contributed by atoms with Crippen LogP contribution in [-0.4, -0.2) is 31.2 Å². The van der Waals surface area contributed by atoms with Crippen LogP contribution in [-0.2, 0) is 11.3 Å². The molecule has 1 heterocycles. The number of hydrogen-bond acceptors (Lipinski definition) is 3. The van der Waals surface area contributed by atoms with Gasteiger partial charge in [0, 0.05) is 13.1 Å². The van der Waals surface area contributed by atoms with Crippen molar-refractivity contribution in [3.63, 3.8) is 0 Å². The van der Waals surface area contributed by atoms with Gasteiger partial charge in [-0.1, -0.05) is 32.9 Å². The molecule has 4 nitrogen and oxygen atoms in total. The van der Waals surface area contributed by atoms with Gasteiger partial charge in [-0.3, -0.25) is 0 Å². The summed E-state index contributed by atoms with van der Waals surface area (Å²) in [5, 5.41) is 0. The van der Waals surface area contributed by atoms with E-state index in [0.717, 1.165) is 37.2 Å². The van der Waals surface area contributed by atoms with Crippen LogP contribution in [0, 0.1) is 11.3 Å². The van der Waals surface area contributed by atoms with E-state index < -0.39 is 0 Å². The minimum absolute atomic E-state index is 0.205. The number of carbonyl (C=O) groups excluding carboxylic acids is 1. The third-order valence-electron chi connectivity index (χ3n) is 4.50. The summed E-state index contributed by atoms with van der Waals surface area (Å²) in [7, 11) is 1.64. The molecule has 0 atom stereocenters. The molecule has 0 radical (unpaired) electrons. The van der Waals surface area contributed by atoms with Crippen molar-refractivity contribution >= 4 is 6.09 Å². The Kier molecular flexibility index (Phi) is 5.33. The molecule has 0 aliphatic carbocycles. The SMILES string of the molecule is COc1ccc(COC(=O)N2CCC(C(C)(C)C)CC2)cc1. The van der Waals surface area contributed by atoms with Gasteiger partial charge < -0.3 is 14.4 Å². The number of benzene rings is 1. The number of nitrogens with zero attached hydrogens (tertiary/aromatic N) is 1. The van der Waals surface area contributed by atoms with E-state index in [4.69, 9.17) is 9.47 Å². The fraction of sp³-hybridized carbons (Fsp3) is 0.611. The topological polar surface area (TPSA) is 38.8 Å². The highest BCUT2D eigenvalue weighted by molar-refractivity contribution is 5.67. The van der Waals surface area contributed by atoms with Gasteiger partial charge in [0.25, 0.3) is 0 Å². The lowest BCUT2D eigenvalue weighted by atomic mass is 9.75. The smallest absolute Gasteiger partial charge is 0.410 e. The van der Waals surface area contributed by atoms with Crippen molar-refractivity contribution in [2.45, 2.75) is 40.2 Å². The quantitative estimate of drug-likeness (QED) is 0.844. The molecule has 0 N–H and O–H groups in total. The Bertz CT molecular complexity index is 482. The molecule has 0 bridgehead atoms. The summed E-state index contributed by atoms with van der Waals surface area (Å²) in [6, 6.07) is 7.58. The van der Waals surface area contributed by atoms with Gasteiger partial charge >= 0.3 is 6.09 Å². The van der Waals surface area contributed by atoms with Crippen molar-refractivity contribution in [1.82, 2.24) is 4.90 Å². The first-order chi connectivity index (χ1) is 10.4. The third-order valence-corrected chi connectivity index (χ3v) is 4.50. The molecule has 1 aliphatic heterocycles. The minimum Gasteiger partial charge on any atom is -0.497 e. The molecule has 0 aromatic heterocycles. The number of rotatable bonds is 3. The standard InChI is InChI=1S/C18H27NO3/c1-18(2,3)15-9-11-19(12-10-15)17(20)22-13-14-5-7-16(21-4)8-6-14/h5-8,15H,9-13H2,1-4H3. The second-order valence-electron chi connectivity index (χ2n) is 7.03. The van der Waals surface area contributed by atoms with Crippen LogP contribution >= 0.6 is 0 Å². The molecule has 0 spiro atoms. The number of carbonyl (C=O) groups is 1. The zero-order chi connectivity index (χ0) is 16.2. The predicted molar refractivity (Wildman–Crippen MR) is 86.9 cm³/mol. The zero-order valence-electron chi connectivity index (χ0n) is 14.1. The summed E-state index contributed by atoms with van der Waals surface area (Å²) in [5.74, 6) is 1.48. The molecular weight excluding hydrogens is 278 g/mol. The van der Waals surface area contributed by atoms with Gasteiger partial charge in [0.05, 0.1) is 7.11 Å². The molecule has 1 aromatic carbocycles. The van der Waals surface area contributed by atoms with E-state index in [1.165, 1.54) is 0 Å². The van der Waals surface area contributed by atoms with Gasteiger partial charge in [0.2, 0.25) is 0 Å². The van der Waals surface area contributed by atoms with Crippen LogP contribution in [0.3, 0.4) is 0 Å². The van der Waals surface area contributed by atoms with Crippen molar-refractivity contribution in [2.75, 3.05) is 20.2 Å². The molecule has 1 amide bonds. The molecule has 1 saturated heterocycles. The summed E-state index contributed by atoms with van der Waals surface area (Å²) in [6.45, 7) is 8.72. The second kappa shape index (κ2) is 7.03. The summed E-state index contributed by atoms with van der Waals surface area (Å²) in [5.41, 5.74) is 1.29. The molecule has 1 aliphatic rings. The normalized spacial score (nSPS) is 16.5. The van der Waals surface area contributed by atoms with Gasteiger partial charge in [-0.25, -0.2) is 4.79 Å². The second-order valence-corrected chi connectivity index (χ2v) is 7.03. The van der Waals surface area contributed by atoms with E-state index in [1.807, 2.05) is 29.2 Å². The van der Waals surface area contributed by atoms with Crippen LogP contribution in [0.4, 0.5) is 4.79 Å². The first-order valence-electron chi connectivity index (χ1n) is 7.95. The van der Waals surface area contributed by atoms with E-state index in [1.54, 1.807) is 7.11 Å². The van der Waals surface area contributed by atoms with Crippen LogP contribution in [0.1, 0.15) is 39.2 Å². The fourth-order valence-corrected chi connectivity index (χ4v) is 2.89. The van der Waals surface area contributed by atoms with Crippen molar-refractivity contribution in [3.8, 4) is 5.75 Å². The Balaban J connectivity index is 1.78. The van der Waals surface area contributed by atoms with E-state index in [-0.39, 0.29) is 6.09 Å². The van der Waals surface area contributed by atoms with E-state index in [0.29, 0.717) is 17.9 Å². The van der Waals surface area contributed by atoms with E-state index >= 15 is 0 Å². The van der Waals surface area contributed by atoms with Crippen molar-refractivity contribution in [3.05, 3.63) is 29.8 Å². The molecule has 0 saturated carbocycles. The molecular formula is C18H27NO3. The van der Waals surface area contributed by atoms with Gasteiger partial charge in [-0.15, -0.1) is 0 Å². The highest BCUT2D eigenvalue weighted by atomic mass is 16.6. The molecule has 0 unspecified atom stereocenters. The summed E-state index contributed by atoms with van der Waals surface area (Å²) >= 11 is 0. The molecule has 4 heteroatoms. The van der Waals surface area contributed by atoms with Gasteiger partial charge in [-0.2, -0.15) is 0 Å². The Morgan fingerprint density at radius 3 is 2.27 bits per heavy atom. The number of likely N-dealkylation sites (tertiary alicyclic amines) is 1. The van der Waals surface area contributed by atoms with Crippen molar-refractivity contribution in [2.24, 2.45) is 11.3 Å². The van der Waals surface area contributed by atoms with Gasteiger partial charge in [0.1, 0.15) is 12.4 Å². The Labute approximate surface area is 133 Å². The van der Waals surface area contributed by atoms with E-state index in [9.17, 15) is 4.79 Å². The maximum atomic E-state index is 12.1. The van der Waals surface area contributed by atoms with Crippen molar-refractivity contribution < 1.29 is 14.3 Å². The van der Waals surface area contributed by atoms with Crippen LogP contribution in [0.2, 0.25) is 0 Å². The average molecular weight is 305 g/mol. The lowest BCUT2D eigenvalue weighted by Gasteiger charge is -2.38. The molecule has 122 valence electrons. The predicted octanol–water partition coefficient (Wildman–Crippen LogP) is 4.09. The Hall–Kier alpha value is -1.71. The average Bonchev–Trinajstić information content (AvgIpc) is 2.52. The zero-order valence-corrected chi connectivity index (χ0v) is 14.1. The Morgan fingerprint density at radius 2 is 1.77 bits per heavy atom. The monoisotopic (exact) mass is 305 g/mol. The first kappa shape index (κ1) is 16.7. The fourth-order valence-electron chi connectivity index (χ4n) is 2.89. The lowest BCUT2D eigenvalue weighted by molar-refractivity contribution is 0.0664. The van der Waals surface area contributed by atoms with Crippen LogP contribution in [0.15, 0.2) is 24.3 Å². The lowest BCUT2D eigenvalue weighted by Crippen LogP contribution is -2.41. The Morgan fingerprint density at radius 1 is 1.18 bits per heavy atom. The summed E-state index contributed by atoms with van der Waals surface area (Å²) in [4.78, 5) is 14.0. The third kappa shape index (κ3) is 4.39. The largest absolute Gasteiger partial charge is 0.497 e. The number of methoxy groups -OCH3 is 1. The number of amides is 1. The van der Waals surface area contributed by atoms with Crippen LogP contribution < -0.4 is 4.74 Å². The maximum Gasteiger partial charge on any atom is 0.410 e. The van der Waals surface area contributed by atoms with Crippen molar-refractivity contribution in [1.29, 1.82) is 0 Å². The molecule has 2 rings (SSSR count). The maximum absolute atomic E-state index is 12.1. The summed E-state index contributed by atoms with van der Waals surface area (Å²) in [6.07, 6.45) is 1.91. The summed E-state index contributed by atoms with van der Waals surface area (Å²) < 4.78 is 10.5. The van der Waals surface area contributed by atoms with Gasteiger partial charge in [0.15, 0.2) is 0 Å². The van der Waals surface area contributed by atoms with Gasteiger partial charge in [-0.05, 0) is 41.9 Å². The van der Waals surface area contributed by atoms with Crippen LogP contribution in [0.25, 0.3) is 0 Å². The van der Waals surface area contributed by atoms with E-state index in [2.05, 4.69) is 20.8 Å². The molecule has 1 aromatic rings. The molecule has 1 fully saturated rings. The minimum atomic E-state index is -0.205. The highest BCUT2D eigenvalue weighted by Gasteiger charge is 2.30. The first-order valence-corrected chi connectivity index (χ1v) is 7.95.